The summed E-state index contributed by atoms with van der Waals surface area (Å²) < 4.78 is 7.76. The van der Waals surface area contributed by atoms with Crippen molar-refractivity contribution in [2.75, 3.05) is 18.0 Å². The zero-order chi connectivity index (χ0) is 20.3. The van der Waals surface area contributed by atoms with E-state index in [1.807, 2.05) is 6.07 Å². The first-order chi connectivity index (χ1) is 11.8. The molecule has 0 spiro atoms. The topological polar surface area (TPSA) is 56.5 Å². The molecule has 0 saturated heterocycles. The van der Waals surface area contributed by atoms with E-state index >= 15 is 0 Å². The van der Waals surface area contributed by atoms with Crippen molar-refractivity contribution in [2.45, 2.75) is 45.7 Å². The highest BCUT2D eigenvalue weighted by molar-refractivity contribution is 9.11. The minimum absolute atomic E-state index is 0.125. The highest BCUT2D eigenvalue weighted by Crippen LogP contribution is 2.37. The molecule has 0 radical (unpaired) electrons. The molecule has 0 amide bonds. The maximum atomic E-state index is 10.3. The number of hydrogen-bond acceptors (Lipinski definition) is 4. The summed E-state index contributed by atoms with van der Waals surface area (Å²) in [5.41, 5.74) is 1.99. The zero-order valence-electron chi connectivity index (χ0n) is 16.4. The van der Waals surface area contributed by atoms with Crippen molar-refractivity contribution in [1.29, 1.82) is 5.26 Å². The molecule has 0 aromatic heterocycles. The maximum absolute atomic E-state index is 10.3. The molecule has 0 saturated carbocycles. The summed E-state index contributed by atoms with van der Waals surface area (Å²) in [7, 11) is -2.64. The molecule has 1 aromatic carbocycles. The van der Waals surface area contributed by atoms with E-state index in [-0.39, 0.29) is 5.04 Å². The monoisotopic (exact) mass is 500 g/mol. The van der Waals surface area contributed by atoms with Gasteiger partial charge >= 0.3 is 7.05 Å². The third kappa shape index (κ3) is 5.96. The predicted octanol–water partition coefficient (Wildman–Crippen LogP) is 5.58. The van der Waals surface area contributed by atoms with Crippen LogP contribution in [0.15, 0.2) is 33.2 Å². The molecule has 0 unspecified atom stereocenters. The number of nitrogens with zero attached hydrogens (tertiary/aromatic N) is 2. The van der Waals surface area contributed by atoms with Gasteiger partial charge in [0.2, 0.25) is 0 Å². The fourth-order valence-corrected chi connectivity index (χ4v) is 4.58. The molecular weight excluding hydrogens is 475 g/mol. The van der Waals surface area contributed by atoms with Gasteiger partial charge in [-0.3, -0.25) is 0 Å². The molecule has 0 aliphatic heterocycles. The van der Waals surface area contributed by atoms with Crippen LogP contribution in [0.3, 0.4) is 0 Å². The zero-order valence-corrected chi connectivity index (χ0v) is 20.5. The standard InChI is InChI=1S/C18H27BBr2N2O2Si/c1-13(12-25-26(6,7)18(2,3)4)11-23(19(5)24)17-14(10-22)8-15(20)9-16(17)21/h8-9,24H,1,11-12H2,2-7H3. The van der Waals surface area contributed by atoms with Crippen LogP contribution in [-0.2, 0) is 4.43 Å². The van der Waals surface area contributed by atoms with E-state index in [2.05, 4.69) is 78.4 Å². The van der Waals surface area contributed by atoms with Crippen molar-refractivity contribution in [3.63, 3.8) is 0 Å². The summed E-state index contributed by atoms with van der Waals surface area (Å²) in [4.78, 5) is 1.76. The number of hydrogen-bond donors (Lipinski definition) is 1. The Labute approximate surface area is 175 Å². The lowest BCUT2D eigenvalue weighted by molar-refractivity contribution is 0.317. The molecule has 0 fully saturated rings. The third-order valence-electron chi connectivity index (χ3n) is 4.72. The maximum Gasteiger partial charge on any atom is 0.409 e. The van der Waals surface area contributed by atoms with Crippen molar-refractivity contribution in [2.24, 2.45) is 0 Å². The fraction of sp³-hybridized carbons (Fsp3) is 0.500. The largest absolute Gasteiger partial charge is 0.432 e. The van der Waals surface area contributed by atoms with Crippen LogP contribution in [0.25, 0.3) is 0 Å². The van der Waals surface area contributed by atoms with Crippen molar-refractivity contribution >= 4 is 52.9 Å². The second-order valence-electron chi connectivity index (χ2n) is 7.95. The van der Waals surface area contributed by atoms with Crippen molar-refractivity contribution < 1.29 is 9.45 Å². The molecule has 0 aliphatic rings. The second-order valence-corrected chi connectivity index (χ2v) is 14.5. The fourth-order valence-electron chi connectivity index (χ4n) is 2.13. The average Bonchev–Trinajstić information content (AvgIpc) is 2.49. The Kier molecular flexibility index (Phi) is 8.18. The van der Waals surface area contributed by atoms with Crippen LogP contribution in [0.5, 0.6) is 0 Å². The van der Waals surface area contributed by atoms with Gasteiger partial charge in [-0.05, 0) is 58.6 Å². The lowest BCUT2D eigenvalue weighted by Gasteiger charge is -2.37. The summed E-state index contributed by atoms with van der Waals surface area (Å²) in [6.45, 7) is 17.6. The van der Waals surface area contributed by atoms with Crippen LogP contribution in [-0.4, -0.2) is 33.5 Å². The summed E-state index contributed by atoms with van der Waals surface area (Å²) in [6, 6.07) is 5.80. The summed E-state index contributed by atoms with van der Waals surface area (Å²) in [6.07, 6.45) is 0. The number of rotatable bonds is 7. The van der Waals surface area contributed by atoms with E-state index in [0.717, 1.165) is 14.5 Å². The Morgan fingerprint density at radius 2 is 1.96 bits per heavy atom. The molecule has 0 aliphatic carbocycles. The van der Waals surface area contributed by atoms with E-state index in [0.29, 0.717) is 24.4 Å². The molecule has 1 rings (SSSR count). The van der Waals surface area contributed by atoms with Gasteiger partial charge in [-0.1, -0.05) is 43.3 Å². The first kappa shape index (κ1) is 23.5. The normalized spacial score (nSPS) is 11.8. The van der Waals surface area contributed by atoms with Crippen molar-refractivity contribution in [3.05, 3.63) is 38.8 Å². The SMILES string of the molecule is C=C(CO[Si](C)(C)C(C)(C)C)CN(B(C)O)c1c(Br)cc(Br)cc1C#N. The highest BCUT2D eigenvalue weighted by Gasteiger charge is 2.37. The van der Waals surface area contributed by atoms with Crippen molar-refractivity contribution in [3.8, 4) is 6.07 Å². The third-order valence-corrected chi connectivity index (χ3v) is 10.3. The molecule has 142 valence electrons. The summed E-state index contributed by atoms with van der Waals surface area (Å²) in [5, 5.41) is 19.9. The van der Waals surface area contributed by atoms with Crippen LogP contribution in [0.1, 0.15) is 26.3 Å². The van der Waals surface area contributed by atoms with Crippen molar-refractivity contribution in [1.82, 2.24) is 0 Å². The Morgan fingerprint density at radius 3 is 2.42 bits per heavy atom. The molecular formula is C18H27BBr2N2O2Si. The van der Waals surface area contributed by atoms with Crippen LogP contribution in [0.4, 0.5) is 5.69 Å². The first-order valence-electron chi connectivity index (χ1n) is 8.44. The molecule has 0 bridgehead atoms. The van der Waals surface area contributed by atoms with Gasteiger partial charge in [0.25, 0.3) is 0 Å². The summed E-state index contributed by atoms with van der Waals surface area (Å²) in [5.74, 6) is 0. The smallest absolute Gasteiger partial charge is 0.409 e. The molecule has 4 nitrogen and oxygen atoms in total. The molecule has 8 heteroatoms. The number of nitriles is 1. The minimum Gasteiger partial charge on any atom is -0.432 e. The van der Waals surface area contributed by atoms with Gasteiger partial charge < -0.3 is 14.3 Å². The quantitative estimate of drug-likeness (QED) is 0.391. The van der Waals surface area contributed by atoms with E-state index in [4.69, 9.17) is 4.43 Å². The predicted molar refractivity (Wildman–Crippen MR) is 120 cm³/mol. The Bertz CT molecular complexity index is 712. The van der Waals surface area contributed by atoms with Gasteiger partial charge in [0.1, 0.15) is 6.07 Å². The lowest BCUT2D eigenvalue weighted by Crippen LogP contribution is -2.43. The van der Waals surface area contributed by atoms with E-state index in [1.165, 1.54) is 0 Å². The lowest BCUT2D eigenvalue weighted by atomic mass is 9.83. The average molecular weight is 502 g/mol. The summed E-state index contributed by atoms with van der Waals surface area (Å²) >= 11 is 6.90. The number of halogens is 2. The Hall–Kier alpha value is -0.588. The first-order valence-corrected chi connectivity index (χ1v) is 12.9. The van der Waals surface area contributed by atoms with Gasteiger partial charge in [0, 0.05) is 15.5 Å². The molecule has 0 atom stereocenters. The van der Waals surface area contributed by atoms with Gasteiger partial charge in [0.05, 0.1) is 17.9 Å². The number of benzene rings is 1. The molecule has 0 heterocycles. The molecule has 1 N–H and O–H groups in total. The van der Waals surface area contributed by atoms with E-state index < -0.39 is 15.4 Å². The van der Waals surface area contributed by atoms with Gasteiger partial charge in [-0.25, -0.2) is 0 Å². The Balaban J connectivity index is 3.02. The van der Waals surface area contributed by atoms with Crippen LogP contribution < -0.4 is 4.81 Å². The van der Waals surface area contributed by atoms with Crippen LogP contribution in [0, 0.1) is 11.3 Å². The van der Waals surface area contributed by atoms with Crippen LogP contribution >= 0.6 is 31.9 Å². The van der Waals surface area contributed by atoms with Gasteiger partial charge in [0.15, 0.2) is 8.32 Å². The van der Waals surface area contributed by atoms with Gasteiger partial charge in [-0.15, -0.1) is 0 Å². The van der Waals surface area contributed by atoms with Gasteiger partial charge in [-0.2, -0.15) is 5.26 Å². The van der Waals surface area contributed by atoms with E-state index in [1.54, 1.807) is 17.7 Å². The Morgan fingerprint density at radius 1 is 1.38 bits per heavy atom. The molecule has 1 aromatic rings. The molecule has 26 heavy (non-hydrogen) atoms. The highest BCUT2D eigenvalue weighted by atomic mass is 79.9. The minimum atomic E-state index is -1.87. The number of anilines is 1. The van der Waals surface area contributed by atoms with E-state index in [9.17, 15) is 10.3 Å². The second kappa shape index (κ2) is 9.07. The van der Waals surface area contributed by atoms with Crippen LogP contribution in [0.2, 0.25) is 25.0 Å².